The maximum absolute atomic E-state index is 11.5. The molecule has 0 spiro atoms. The zero-order valence-corrected chi connectivity index (χ0v) is 17.6. The number of carbonyl (C=O) groups is 1. The molecule has 2 N–H and O–H groups in total. The van der Waals surface area contributed by atoms with E-state index in [1.54, 1.807) is 24.3 Å². The summed E-state index contributed by atoms with van der Waals surface area (Å²) in [7, 11) is 0. The number of carboxylic acids is 1. The van der Waals surface area contributed by atoms with Crippen LogP contribution < -0.4 is 0 Å². The number of hydrogen-bond donors (Lipinski definition) is 2. The summed E-state index contributed by atoms with van der Waals surface area (Å²) in [4.78, 5) is 11.5. The molecule has 3 aromatic rings. The number of aromatic carboxylic acids is 1. The molecule has 0 bridgehead atoms. The predicted octanol–water partition coefficient (Wildman–Crippen LogP) is 7.33. The highest BCUT2D eigenvalue weighted by atomic mass is 16.4. The van der Waals surface area contributed by atoms with Gasteiger partial charge in [-0.25, -0.2) is 4.79 Å². The predicted molar refractivity (Wildman–Crippen MR) is 123 cm³/mol. The minimum atomic E-state index is -0.937. The van der Waals surface area contributed by atoms with E-state index in [-0.39, 0.29) is 11.3 Å². The molecule has 3 heteroatoms. The maximum Gasteiger partial charge on any atom is 0.335 e. The smallest absolute Gasteiger partial charge is 0.335 e. The first-order valence-electron chi connectivity index (χ1n) is 10.8. The first-order valence-corrected chi connectivity index (χ1v) is 10.8. The minimum absolute atomic E-state index is 0.210. The largest absolute Gasteiger partial charge is 0.508 e. The molecule has 0 aliphatic heterocycles. The van der Waals surface area contributed by atoms with Crippen LogP contribution in [0.3, 0.4) is 0 Å². The number of rotatable bonds is 10. The molecule has 0 aliphatic carbocycles. The van der Waals surface area contributed by atoms with E-state index in [0.29, 0.717) is 0 Å². The molecular weight excluding hydrogens is 372 g/mol. The minimum Gasteiger partial charge on any atom is -0.508 e. The second-order valence-electron chi connectivity index (χ2n) is 7.83. The Balaban J connectivity index is 1.80. The van der Waals surface area contributed by atoms with E-state index in [2.05, 4.69) is 31.2 Å². The molecule has 3 nitrogen and oxygen atoms in total. The van der Waals surface area contributed by atoms with Gasteiger partial charge in [0.05, 0.1) is 5.56 Å². The van der Waals surface area contributed by atoms with Gasteiger partial charge in [0.2, 0.25) is 0 Å². The molecule has 0 atom stereocenters. The van der Waals surface area contributed by atoms with Crippen LogP contribution in [0.5, 0.6) is 5.75 Å². The molecule has 3 aromatic carbocycles. The van der Waals surface area contributed by atoms with Crippen LogP contribution in [0.4, 0.5) is 0 Å². The van der Waals surface area contributed by atoms with Crippen molar-refractivity contribution in [2.45, 2.75) is 51.9 Å². The zero-order valence-electron chi connectivity index (χ0n) is 17.6. The molecule has 156 valence electrons. The van der Waals surface area contributed by atoms with Gasteiger partial charge in [-0.05, 0) is 64.9 Å². The summed E-state index contributed by atoms with van der Waals surface area (Å²) in [6.07, 6.45) is 8.79. The fourth-order valence-corrected chi connectivity index (χ4v) is 3.77. The lowest BCUT2D eigenvalue weighted by molar-refractivity contribution is 0.0697. The second kappa shape index (κ2) is 10.6. The average Bonchev–Trinajstić information content (AvgIpc) is 2.77. The Kier molecular flexibility index (Phi) is 7.67. The fourth-order valence-electron chi connectivity index (χ4n) is 3.77. The SMILES string of the molecule is CCCCCCCCc1ccc(-c2cc(C(=O)O)ccc2-c2ccc(O)cc2)cc1. The monoisotopic (exact) mass is 402 g/mol. The Morgan fingerprint density at radius 1 is 0.733 bits per heavy atom. The van der Waals surface area contributed by atoms with Crippen molar-refractivity contribution in [1.29, 1.82) is 0 Å². The summed E-state index contributed by atoms with van der Waals surface area (Å²) in [5.41, 5.74) is 5.35. The van der Waals surface area contributed by atoms with Crippen molar-refractivity contribution in [3.8, 4) is 28.0 Å². The van der Waals surface area contributed by atoms with E-state index in [1.165, 1.54) is 44.1 Å². The molecule has 0 aliphatic rings. The number of phenolic OH excluding ortho intramolecular Hbond substituents is 1. The molecule has 30 heavy (non-hydrogen) atoms. The van der Waals surface area contributed by atoms with Crippen molar-refractivity contribution in [3.05, 3.63) is 77.9 Å². The van der Waals surface area contributed by atoms with Crippen LogP contribution in [0.1, 0.15) is 61.4 Å². The molecule has 0 saturated heterocycles. The molecule has 3 rings (SSSR count). The summed E-state index contributed by atoms with van der Waals surface area (Å²) in [6.45, 7) is 2.24. The lowest BCUT2D eigenvalue weighted by atomic mass is 9.92. The molecule has 0 radical (unpaired) electrons. The number of benzene rings is 3. The quantitative estimate of drug-likeness (QED) is 0.349. The van der Waals surface area contributed by atoms with Crippen molar-refractivity contribution in [2.75, 3.05) is 0 Å². The summed E-state index contributed by atoms with van der Waals surface area (Å²) in [5.74, 6) is -0.727. The number of carboxylic acid groups (broad SMARTS) is 1. The van der Waals surface area contributed by atoms with Crippen molar-refractivity contribution in [2.24, 2.45) is 0 Å². The number of aromatic hydroxyl groups is 1. The standard InChI is InChI=1S/C27H30O3/c1-2-3-4-5-6-7-8-20-9-11-22(12-10-20)26-19-23(27(29)30)15-18-25(26)21-13-16-24(28)17-14-21/h9-19,28H,2-8H2,1H3,(H,29,30). The summed E-state index contributed by atoms with van der Waals surface area (Å²) in [6, 6.07) is 20.6. The lowest BCUT2D eigenvalue weighted by Gasteiger charge is -2.12. The lowest BCUT2D eigenvalue weighted by Crippen LogP contribution is -1.97. The highest BCUT2D eigenvalue weighted by Crippen LogP contribution is 2.34. The molecule has 0 aromatic heterocycles. The van der Waals surface area contributed by atoms with Gasteiger partial charge in [-0.1, -0.05) is 81.5 Å². The molecular formula is C27H30O3. The van der Waals surface area contributed by atoms with Gasteiger partial charge in [-0.3, -0.25) is 0 Å². The summed E-state index contributed by atoms with van der Waals surface area (Å²) in [5, 5.41) is 19.0. The van der Waals surface area contributed by atoms with Crippen LogP contribution in [-0.2, 0) is 6.42 Å². The van der Waals surface area contributed by atoms with E-state index in [9.17, 15) is 15.0 Å². The Morgan fingerprint density at radius 3 is 2.00 bits per heavy atom. The van der Waals surface area contributed by atoms with Crippen LogP contribution in [0.2, 0.25) is 0 Å². The van der Waals surface area contributed by atoms with E-state index < -0.39 is 5.97 Å². The number of phenols is 1. The summed E-state index contributed by atoms with van der Waals surface area (Å²) >= 11 is 0. The Morgan fingerprint density at radius 2 is 1.33 bits per heavy atom. The van der Waals surface area contributed by atoms with Crippen LogP contribution >= 0.6 is 0 Å². The molecule has 0 unspecified atom stereocenters. The number of hydrogen-bond acceptors (Lipinski definition) is 2. The van der Waals surface area contributed by atoms with Gasteiger partial charge in [0.25, 0.3) is 0 Å². The Labute approximate surface area is 179 Å². The molecule has 0 amide bonds. The third-order valence-electron chi connectivity index (χ3n) is 5.53. The highest BCUT2D eigenvalue weighted by Gasteiger charge is 2.12. The van der Waals surface area contributed by atoms with Gasteiger partial charge >= 0.3 is 5.97 Å². The van der Waals surface area contributed by atoms with Crippen molar-refractivity contribution < 1.29 is 15.0 Å². The van der Waals surface area contributed by atoms with Gasteiger partial charge in [0.15, 0.2) is 0 Å². The van der Waals surface area contributed by atoms with E-state index in [1.807, 2.05) is 18.2 Å². The van der Waals surface area contributed by atoms with Crippen LogP contribution in [0.15, 0.2) is 66.7 Å². The van der Waals surface area contributed by atoms with Crippen LogP contribution in [0.25, 0.3) is 22.3 Å². The van der Waals surface area contributed by atoms with Gasteiger partial charge < -0.3 is 10.2 Å². The van der Waals surface area contributed by atoms with Crippen molar-refractivity contribution >= 4 is 5.97 Å². The third kappa shape index (κ3) is 5.73. The van der Waals surface area contributed by atoms with Crippen molar-refractivity contribution in [3.63, 3.8) is 0 Å². The Hall–Kier alpha value is -3.07. The average molecular weight is 403 g/mol. The van der Waals surface area contributed by atoms with E-state index in [0.717, 1.165) is 28.7 Å². The van der Waals surface area contributed by atoms with Crippen molar-refractivity contribution in [1.82, 2.24) is 0 Å². The van der Waals surface area contributed by atoms with E-state index >= 15 is 0 Å². The summed E-state index contributed by atoms with van der Waals surface area (Å²) < 4.78 is 0. The zero-order chi connectivity index (χ0) is 21.3. The molecule has 0 heterocycles. The topological polar surface area (TPSA) is 57.5 Å². The first kappa shape index (κ1) is 21.6. The van der Waals surface area contributed by atoms with Crippen LogP contribution in [0, 0.1) is 0 Å². The first-order chi connectivity index (χ1) is 14.6. The molecule has 0 saturated carbocycles. The van der Waals surface area contributed by atoms with Gasteiger partial charge in [-0.2, -0.15) is 0 Å². The second-order valence-corrected chi connectivity index (χ2v) is 7.83. The normalized spacial score (nSPS) is 10.8. The van der Waals surface area contributed by atoms with Gasteiger partial charge in [0, 0.05) is 0 Å². The third-order valence-corrected chi connectivity index (χ3v) is 5.53. The van der Waals surface area contributed by atoms with E-state index in [4.69, 9.17) is 0 Å². The Bertz CT molecular complexity index is 956. The van der Waals surface area contributed by atoms with Crippen LogP contribution in [-0.4, -0.2) is 16.2 Å². The number of unbranched alkanes of at least 4 members (excludes halogenated alkanes) is 5. The highest BCUT2D eigenvalue weighted by molar-refractivity contribution is 5.93. The number of aryl methyl sites for hydroxylation is 1. The van der Waals surface area contributed by atoms with Gasteiger partial charge in [0.1, 0.15) is 5.75 Å². The molecule has 0 fully saturated rings. The maximum atomic E-state index is 11.5. The van der Waals surface area contributed by atoms with Gasteiger partial charge in [-0.15, -0.1) is 0 Å². The fraction of sp³-hybridized carbons (Fsp3) is 0.296.